The highest BCUT2D eigenvalue weighted by molar-refractivity contribution is 5.90. The maximum absolute atomic E-state index is 2.46. The Morgan fingerprint density at radius 3 is 1.80 bits per heavy atom. The zero-order valence-corrected chi connectivity index (χ0v) is 26.5. The monoisotopic (exact) mass is 583 g/mol. The highest BCUT2D eigenvalue weighted by Gasteiger charge is 2.37. The fourth-order valence-electron chi connectivity index (χ4n) is 8.36. The van der Waals surface area contributed by atoms with Crippen molar-refractivity contribution in [2.24, 2.45) is 0 Å². The van der Waals surface area contributed by atoms with Crippen molar-refractivity contribution in [3.8, 4) is 11.1 Å². The summed E-state index contributed by atoms with van der Waals surface area (Å²) >= 11 is 0. The van der Waals surface area contributed by atoms with E-state index < -0.39 is 0 Å². The molecule has 1 fully saturated rings. The number of anilines is 3. The highest BCUT2D eigenvalue weighted by Crippen LogP contribution is 2.51. The molecule has 1 nitrogen and oxygen atoms in total. The molecule has 2 aliphatic carbocycles. The van der Waals surface area contributed by atoms with E-state index in [4.69, 9.17) is 0 Å². The lowest BCUT2D eigenvalue weighted by molar-refractivity contribution is 0.446. The van der Waals surface area contributed by atoms with E-state index in [0.29, 0.717) is 0 Å². The molecular weight excluding hydrogens is 542 g/mol. The molecule has 0 heterocycles. The molecule has 0 bridgehead atoms. The lowest BCUT2D eigenvalue weighted by Gasteiger charge is -2.35. The zero-order chi connectivity index (χ0) is 30.4. The van der Waals surface area contributed by atoms with Gasteiger partial charge in [-0.05, 0) is 93.4 Å². The van der Waals surface area contributed by atoms with Crippen LogP contribution in [0.2, 0.25) is 0 Å². The predicted octanol–water partition coefficient (Wildman–Crippen LogP) is 12.3. The molecular formula is C44H41N. The van der Waals surface area contributed by atoms with E-state index in [1.54, 1.807) is 0 Å². The minimum absolute atomic E-state index is 0.0532. The van der Waals surface area contributed by atoms with Crippen molar-refractivity contribution < 1.29 is 0 Å². The van der Waals surface area contributed by atoms with Gasteiger partial charge < -0.3 is 4.90 Å². The van der Waals surface area contributed by atoms with Crippen molar-refractivity contribution in [2.45, 2.75) is 63.2 Å². The standard InChI is InChI=1S/C44H41N/c1-43(2)41-19-11-10-18-39(41)40-27-26-38(31-42(40)43)45(37-23-20-32-14-8-9-15-33(32)30-37)36-24-21-35(22-25-36)44(28-12-3-4-13-29-44)34-16-6-5-7-17-34/h5-11,14-27,30-31H,3-4,12-13,28-29H2,1-2H3. The SMILES string of the molecule is CC1(C)c2ccccc2-c2ccc(N(c3ccc(C4(c5ccccc5)CCCCCC4)cc3)c3ccc4ccccc4c3)cc21. The summed E-state index contributed by atoms with van der Waals surface area (Å²) in [6.07, 6.45) is 7.67. The van der Waals surface area contributed by atoms with Gasteiger partial charge >= 0.3 is 0 Å². The molecule has 45 heavy (non-hydrogen) atoms. The molecule has 1 heteroatoms. The Morgan fingerprint density at radius 1 is 0.444 bits per heavy atom. The van der Waals surface area contributed by atoms with Gasteiger partial charge in [0.2, 0.25) is 0 Å². The topological polar surface area (TPSA) is 3.24 Å². The van der Waals surface area contributed by atoms with Gasteiger partial charge in [-0.25, -0.2) is 0 Å². The normalized spacial score (nSPS) is 16.5. The second-order valence-corrected chi connectivity index (χ2v) is 13.7. The summed E-state index contributed by atoms with van der Waals surface area (Å²) in [7, 11) is 0. The molecule has 8 rings (SSSR count). The molecule has 0 N–H and O–H groups in total. The lowest BCUT2D eigenvalue weighted by atomic mass is 9.69. The van der Waals surface area contributed by atoms with Crippen LogP contribution in [0.15, 0.2) is 140 Å². The third-order valence-electron chi connectivity index (χ3n) is 10.8. The number of hydrogen-bond acceptors (Lipinski definition) is 1. The Bertz CT molecular complexity index is 1970. The van der Waals surface area contributed by atoms with Crippen LogP contribution in [0, 0.1) is 0 Å². The van der Waals surface area contributed by atoms with Gasteiger partial charge in [-0.2, -0.15) is 0 Å². The molecule has 0 aliphatic heterocycles. The van der Waals surface area contributed by atoms with Crippen LogP contribution >= 0.6 is 0 Å². The fraction of sp³-hybridized carbons (Fsp3) is 0.227. The Labute approximate surface area is 268 Å². The molecule has 6 aromatic rings. The van der Waals surface area contributed by atoms with Crippen molar-refractivity contribution in [2.75, 3.05) is 4.90 Å². The predicted molar refractivity (Wildman–Crippen MR) is 191 cm³/mol. The van der Waals surface area contributed by atoms with Crippen molar-refractivity contribution in [3.63, 3.8) is 0 Å². The Kier molecular flexibility index (Phi) is 6.86. The first kappa shape index (κ1) is 27.9. The zero-order valence-electron chi connectivity index (χ0n) is 26.5. The molecule has 2 aliphatic rings. The third-order valence-corrected chi connectivity index (χ3v) is 10.8. The molecule has 0 amide bonds. The van der Waals surface area contributed by atoms with Crippen LogP contribution in [-0.2, 0) is 10.8 Å². The summed E-state index contributed by atoms with van der Waals surface area (Å²) in [4.78, 5) is 2.46. The Balaban J connectivity index is 1.27. The molecule has 1 saturated carbocycles. The van der Waals surface area contributed by atoms with Gasteiger partial charge in [0.15, 0.2) is 0 Å². The van der Waals surface area contributed by atoms with Crippen LogP contribution in [0.1, 0.15) is 74.6 Å². The summed E-state index contributed by atoms with van der Waals surface area (Å²) in [5.41, 5.74) is 12.0. The number of benzene rings is 6. The number of fused-ring (bicyclic) bond motifs is 4. The average molecular weight is 584 g/mol. The summed E-state index contributed by atoms with van der Waals surface area (Å²) in [6.45, 7) is 4.73. The molecule has 0 aromatic heterocycles. The van der Waals surface area contributed by atoms with Gasteiger partial charge in [-0.15, -0.1) is 0 Å². The molecule has 0 saturated heterocycles. The second kappa shape index (κ2) is 11.1. The minimum atomic E-state index is -0.0532. The van der Waals surface area contributed by atoms with Crippen molar-refractivity contribution in [3.05, 3.63) is 162 Å². The second-order valence-electron chi connectivity index (χ2n) is 13.7. The smallest absolute Gasteiger partial charge is 0.0468 e. The van der Waals surface area contributed by atoms with Crippen LogP contribution in [0.5, 0.6) is 0 Å². The molecule has 0 spiro atoms. The summed E-state index contributed by atoms with van der Waals surface area (Å²) in [5, 5.41) is 2.52. The summed E-state index contributed by atoms with van der Waals surface area (Å²) < 4.78 is 0. The summed E-state index contributed by atoms with van der Waals surface area (Å²) in [5.74, 6) is 0. The number of rotatable bonds is 5. The van der Waals surface area contributed by atoms with Crippen molar-refractivity contribution in [1.29, 1.82) is 0 Å². The highest BCUT2D eigenvalue weighted by atomic mass is 15.1. The molecule has 222 valence electrons. The number of hydrogen-bond donors (Lipinski definition) is 0. The Hall–Kier alpha value is -4.62. The van der Waals surface area contributed by atoms with Crippen LogP contribution in [-0.4, -0.2) is 0 Å². The Morgan fingerprint density at radius 2 is 1.02 bits per heavy atom. The van der Waals surface area contributed by atoms with Gasteiger partial charge in [0.25, 0.3) is 0 Å². The van der Waals surface area contributed by atoms with E-state index in [2.05, 4.69) is 158 Å². The molecule has 6 aromatic carbocycles. The van der Waals surface area contributed by atoms with E-state index in [1.807, 2.05) is 0 Å². The van der Waals surface area contributed by atoms with Gasteiger partial charge in [0.1, 0.15) is 0 Å². The van der Waals surface area contributed by atoms with Crippen LogP contribution in [0.3, 0.4) is 0 Å². The van der Waals surface area contributed by atoms with E-state index >= 15 is 0 Å². The first-order chi connectivity index (χ1) is 22.0. The average Bonchev–Trinajstić information content (AvgIpc) is 3.23. The third kappa shape index (κ3) is 4.68. The quantitative estimate of drug-likeness (QED) is 0.182. The number of nitrogens with zero attached hydrogens (tertiary/aromatic N) is 1. The summed E-state index contributed by atoms with van der Waals surface area (Å²) in [6, 6.07) is 52.4. The lowest BCUT2D eigenvalue weighted by Crippen LogP contribution is -2.27. The van der Waals surface area contributed by atoms with Crippen LogP contribution in [0.4, 0.5) is 17.1 Å². The van der Waals surface area contributed by atoms with E-state index in [9.17, 15) is 0 Å². The first-order valence-electron chi connectivity index (χ1n) is 16.7. The molecule has 0 atom stereocenters. The fourth-order valence-corrected chi connectivity index (χ4v) is 8.36. The van der Waals surface area contributed by atoms with Crippen molar-refractivity contribution in [1.82, 2.24) is 0 Å². The van der Waals surface area contributed by atoms with E-state index in [0.717, 1.165) is 0 Å². The maximum Gasteiger partial charge on any atom is 0.0468 e. The molecule has 0 radical (unpaired) electrons. The van der Waals surface area contributed by atoms with Gasteiger partial charge in [-0.3, -0.25) is 0 Å². The van der Waals surface area contributed by atoms with Gasteiger partial charge in [-0.1, -0.05) is 143 Å². The maximum atomic E-state index is 2.46. The molecule has 0 unspecified atom stereocenters. The minimum Gasteiger partial charge on any atom is -0.310 e. The first-order valence-corrected chi connectivity index (χ1v) is 16.7. The van der Waals surface area contributed by atoms with Crippen molar-refractivity contribution >= 4 is 27.8 Å². The largest absolute Gasteiger partial charge is 0.310 e. The van der Waals surface area contributed by atoms with Crippen LogP contribution < -0.4 is 4.90 Å². The van der Waals surface area contributed by atoms with E-state index in [-0.39, 0.29) is 10.8 Å². The van der Waals surface area contributed by atoms with E-state index in [1.165, 1.54) is 99.7 Å². The van der Waals surface area contributed by atoms with Gasteiger partial charge in [0, 0.05) is 27.9 Å². The van der Waals surface area contributed by atoms with Crippen LogP contribution in [0.25, 0.3) is 21.9 Å². The van der Waals surface area contributed by atoms with Gasteiger partial charge in [0.05, 0.1) is 0 Å².